The second kappa shape index (κ2) is 8.21. The van der Waals surface area contributed by atoms with Crippen LogP contribution in [0.3, 0.4) is 0 Å². The van der Waals surface area contributed by atoms with Crippen LogP contribution in [0.5, 0.6) is 11.5 Å². The predicted octanol–water partition coefficient (Wildman–Crippen LogP) is 2.46. The van der Waals surface area contributed by atoms with E-state index in [-0.39, 0.29) is 21.2 Å². The van der Waals surface area contributed by atoms with Crippen molar-refractivity contribution in [2.45, 2.75) is 30.1 Å². The summed E-state index contributed by atoms with van der Waals surface area (Å²) in [6.45, 7) is 4.62. The Labute approximate surface area is 171 Å². The lowest BCUT2D eigenvalue weighted by Crippen LogP contribution is -2.30. The van der Waals surface area contributed by atoms with E-state index in [2.05, 4.69) is 4.72 Å². The van der Waals surface area contributed by atoms with E-state index in [9.17, 15) is 16.8 Å². The highest BCUT2D eigenvalue weighted by Gasteiger charge is 2.25. The SMILES string of the molecule is CCN(CC)S(=O)(=O)c1ccc(OC)c(NS(=O)(=O)c2ccc3c(c2)CCO3)c1. The van der Waals surface area contributed by atoms with Gasteiger partial charge >= 0.3 is 0 Å². The number of benzene rings is 2. The fourth-order valence-electron chi connectivity index (χ4n) is 3.17. The molecule has 0 spiro atoms. The molecule has 0 atom stereocenters. The Kier molecular flexibility index (Phi) is 6.06. The van der Waals surface area contributed by atoms with Gasteiger partial charge in [-0.2, -0.15) is 4.31 Å². The number of hydrogen-bond donors (Lipinski definition) is 1. The third-order valence-electron chi connectivity index (χ3n) is 4.73. The van der Waals surface area contributed by atoms with Crippen LogP contribution in [0.4, 0.5) is 5.69 Å². The summed E-state index contributed by atoms with van der Waals surface area (Å²) >= 11 is 0. The summed E-state index contributed by atoms with van der Waals surface area (Å²) in [5.74, 6) is 0.894. The summed E-state index contributed by atoms with van der Waals surface area (Å²) in [5, 5.41) is 0. The zero-order valence-corrected chi connectivity index (χ0v) is 18.1. The van der Waals surface area contributed by atoms with Crippen LogP contribution >= 0.6 is 0 Å². The van der Waals surface area contributed by atoms with Crippen molar-refractivity contribution in [2.24, 2.45) is 0 Å². The van der Waals surface area contributed by atoms with Gasteiger partial charge < -0.3 is 9.47 Å². The van der Waals surface area contributed by atoms with Crippen LogP contribution in [0.2, 0.25) is 0 Å². The first-order valence-electron chi connectivity index (χ1n) is 9.19. The third-order valence-corrected chi connectivity index (χ3v) is 8.14. The number of rotatable bonds is 8. The lowest BCUT2D eigenvalue weighted by molar-refractivity contribution is 0.356. The van der Waals surface area contributed by atoms with Gasteiger partial charge in [-0.25, -0.2) is 16.8 Å². The molecule has 1 aliphatic heterocycles. The van der Waals surface area contributed by atoms with Crippen molar-refractivity contribution in [3.8, 4) is 11.5 Å². The average molecular weight is 441 g/mol. The van der Waals surface area contributed by atoms with Crippen LogP contribution in [-0.2, 0) is 26.5 Å². The minimum Gasteiger partial charge on any atom is -0.495 e. The molecular formula is C19H24N2O6S2. The van der Waals surface area contributed by atoms with Crippen molar-refractivity contribution < 1.29 is 26.3 Å². The van der Waals surface area contributed by atoms with Gasteiger partial charge in [0, 0.05) is 19.5 Å². The van der Waals surface area contributed by atoms with Crippen molar-refractivity contribution in [3.63, 3.8) is 0 Å². The number of anilines is 1. The molecule has 0 fully saturated rings. The third kappa shape index (κ3) is 4.19. The van der Waals surface area contributed by atoms with Crippen molar-refractivity contribution in [1.29, 1.82) is 0 Å². The number of fused-ring (bicyclic) bond motifs is 1. The van der Waals surface area contributed by atoms with E-state index >= 15 is 0 Å². The molecule has 0 aromatic heterocycles. The Balaban J connectivity index is 1.99. The Hall–Kier alpha value is -2.30. The number of hydrogen-bond acceptors (Lipinski definition) is 6. The lowest BCUT2D eigenvalue weighted by atomic mass is 10.2. The number of ether oxygens (including phenoxy) is 2. The molecular weight excluding hydrogens is 416 g/mol. The molecule has 3 rings (SSSR count). The Morgan fingerprint density at radius 1 is 1.03 bits per heavy atom. The Morgan fingerprint density at radius 3 is 2.38 bits per heavy atom. The highest BCUT2D eigenvalue weighted by atomic mass is 32.2. The molecule has 2 aromatic rings. The van der Waals surface area contributed by atoms with Crippen LogP contribution in [0.15, 0.2) is 46.2 Å². The molecule has 2 aromatic carbocycles. The van der Waals surface area contributed by atoms with E-state index in [1.807, 2.05) is 0 Å². The number of nitrogens with one attached hydrogen (secondary N) is 1. The lowest BCUT2D eigenvalue weighted by Gasteiger charge is -2.20. The molecule has 0 bridgehead atoms. The minimum absolute atomic E-state index is 0.0120. The largest absolute Gasteiger partial charge is 0.495 e. The molecule has 1 heterocycles. The first kappa shape index (κ1) is 21.4. The van der Waals surface area contributed by atoms with Crippen molar-refractivity contribution in [1.82, 2.24) is 4.31 Å². The zero-order chi connectivity index (χ0) is 21.2. The van der Waals surface area contributed by atoms with Gasteiger partial charge in [-0.1, -0.05) is 13.8 Å². The maximum atomic E-state index is 12.9. The predicted molar refractivity (Wildman–Crippen MR) is 110 cm³/mol. The minimum atomic E-state index is -3.96. The molecule has 158 valence electrons. The van der Waals surface area contributed by atoms with E-state index in [4.69, 9.17) is 9.47 Å². The molecule has 0 amide bonds. The number of nitrogens with zero attached hydrogens (tertiary/aromatic N) is 1. The first-order valence-corrected chi connectivity index (χ1v) is 12.1. The average Bonchev–Trinajstić information content (AvgIpc) is 3.16. The standard InChI is InChI=1S/C19H24N2O6S2/c1-4-21(5-2)29(24,25)16-7-9-19(26-3)17(13-16)20-28(22,23)15-6-8-18-14(12-15)10-11-27-18/h6-9,12-13,20H,4-5,10-11H2,1-3H3. The highest BCUT2D eigenvalue weighted by molar-refractivity contribution is 7.92. The molecule has 10 heteroatoms. The zero-order valence-electron chi connectivity index (χ0n) is 16.5. The normalized spacial score (nSPS) is 13.8. The quantitative estimate of drug-likeness (QED) is 0.677. The van der Waals surface area contributed by atoms with E-state index in [0.29, 0.717) is 31.9 Å². The topological polar surface area (TPSA) is 102 Å². The Morgan fingerprint density at radius 2 is 1.72 bits per heavy atom. The highest BCUT2D eigenvalue weighted by Crippen LogP contribution is 2.32. The molecule has 0 unspecified atom stereocenters. The fraction of sp³-hybridized carbons (Fsp3) is 0.368. The molecule has 8 nitrogen and oxygen atoms in total. The van der Waals surface area contributed by atoms with E-state index < -0.39 is 20.0 Å². The molecule has 1 N–H and O–H groups in total. The van der Waals surface area contributed by atoms with Gasteiger partial charge in [0.2, 0.25) is 10.0 Å². The van der Waals surface area contributed by atoms with E-state index in [1.165, 1.54) is 35.7 Å². The molecule has 1 aliphatic rings. The van der Waals surface area contributed by atoms with Gasteiger partial charge in [0.15, 0.2) is 0 Å². The summed E-state index contributed by atoms with van der Waals surface area (Å²) in [4.78, 5) is 0.0582. The van der Waals surface area contributed by atoms with Crippen LogP contribution in [-0.4, -0.2) is 47.9 Å². The molecule has 29 heavy (non-hydrogen) atoms. The van der Waals surface area contributed by atoms with Crippen LogP contribution in [0.1, 0.15) is 19.4 Å². The molecule has 0 saturated heterocycles. The van der Waals surface area contributed by atoms with Crippen LogP contribution in [0.25, 0.3) is 0 Å². The molecule has 0 radical (unpaired) electrons. The van der Waals surface area contributed by atoms with Gasteiger partial charge in [0.1, 0.15) is 11.5 Å². The monoisotopic (exact) mass is 440 g/mol. The van der Waals surface area contributed by atoms with Crippen molar-refractivity contribution >= 4 is 25.7 Å². The smallest absolute Gasteiger partial charge is 0.262 e. The second-order valence-electron chi connectivity index (χ2n) is 6.42. The Bertz CT molecular complexity index is 1110. The van der Waals surface area contributed by atoms with Gasteiger partial charge in [0.05, 0.1) is 29.2 Å². The van der Waals surface area contributed by atoms with Crippen LogP contribution in [0, 0.1) is 0 Å². The maximum Gasteiger partial charge on any atom is 0.262 e. The summed E-state index contributed by atoms with van der Waals surface area (Å²) < 4.78 is 65.8. The van der Waals surface area contributed by atoms with Gasteiger partial charge in [-0.05, 0) is 42.0 Å². The van der Waals surface area contributed by atoms with Crippen molar-refractivity contribution in [2.75, 3.05) is 31.5 Å². The summed E-state index contributed by atoms with van der Waals surface area (Å²) in [5.41, 5.74) is 0.871. The summed E-state index contributed by atoms with van der Waals surface area (Å²) in [7, 11) is -6.32. The van der Waals surface area contributed by atoms with Gasteiger partial charge in [-0.15, -0.1) is 0 Å². The number of methoxy groups -OCH3 is 1. The second-order valence-corrected chi connectivity index (χ2v) is 10.0. The molecule has 0 aliphatic carbocycles. The van der Waals surface area contributed by atoms with Crippen molar-refractivity contribution in [3.05, 3.63) is 42.0 Å². The first-order chi connectivity index (χ1) is 13.7. The van der Waals surface area contributed by atoms with E-state index in [1.54, 1.807) is 26.0 Å². The fourth-order valence-corrected chi connectivity index (χ4v) is 5.77. The summed E-state index contributed by atoms with van der Waals surface area (Å²) in [6.07, 6.45) is 0.639. The van der Waals surface area contributed by atoms with E-state index in [0.717, 1.165) is 5.56 Å². The molecule has 0 saturated carbocycles. The summed E-state index contributed by atoms with van der Waals surface area (Å²) in [6, 6.07) is 8.75. The number of sulfonamides is 2. The van der Waals surface area contributed by atoms with Gasteiger partial charge in [-0.3, -0.25) is 4.72 Å². The van der Waals surface area contributed by atoms with Crippen LogP contribution < -0.4 is 14.2 Å². The maximum absolute atomic E-state index is 12.9. The van der Waals surface area contributed by atoms with Gasteiger partial charge in [0.25, 0.3) is 10.0 Å².